The molecule has 2 nitrogen and oxygen atoms in total. The molecule has 0 aliphatic carbocycles. The first-order valence-electron chi connectivity index (χ1n) is 2.41. The molecule has 1 atom stereocenters. The van der Waals surface area contributed by atoms with Gasteiger partial charge in [0.2, 0.25) is 0 Å². The van der Waals surface area contributed by atoms with Crippen molar-refractivity contribution in [3.63, 3.8) is 0 Å². The van der Waals surface area contributed by atoms with Crippen molar-refractivity contribution in [2.45, 2.75) is 20.3 Å². The van der Waals surface area contributed by atoms with E-state index in [4.69, 9.17) is 5.11 Å². The zero-order valence-electron chi connectivity index (χ0n) is 4.64. The van der Waals surface area contributed by atoms with Crippen LogP contribution in [0, 0.1) is 5.92 Å². The number of aliphatic carboxylic acids is 1. The Hall–Kier alpha value is 1.11. The number of carbonyl (C=O) groups is 1. The summed E-state index contributed by atoms with van der Waals surface area (Å²) in [7, 11) is 0. The minimum absolute atomic E-state index is 0. The van der Waals surface area contributed by atoms with Crippen molar-refractivity contribution < 1.29 is 9.90 Å². The van der Waals surface area contributed by atoms with E-state index in [2.05, 4.69) is 0 Å². The van der Waals surface area contributed by atoms with E-state index in [1.165, 1.54) is 0 Å². The van der Waals surface area contributed by atoms with Crippen molar-refractivity contribution in [1.29, 1.82) is 0 Å². The van der Waals surface area contributed by atoms with Crippen LogP contribution in [0.3, 0.4) is 0 Å². The molecule has 44 valence electrons. The fourth-order valence-electron chi connectivity index (χ4n) is 0.175. The van der Waals surface area contributed by atoms with Gasteiger partial charge in [-0.3, -0.25) is 4.79 Å². The normalized spacial score (nSPS) is 11.8. The Morgan fingerprint density at radius 3 is 2.12 bits per heavy atom. The van der Waals surface area contributed by atoms with Crippen molar-refractivity contribution >= 4 is 57.4 Å². The molecular weight excluding hydrogens is 131 g/mol. The summed E-state index contributed by atoms with van der Waals surface area (Å²) in [6.07, 6.45) is 0.718. The van der Waals surface area contributed by atoms with Crippen LogP contribution in [0.2, 0.25) is 0 Å². The first kappa shape index (κ1) is 11.8. The van der Waals surface area contributed by atoms with Crippen LogP contribution in [-0.2, 0) is 4.79 Å². The summed E-state index contributed by atoms with van der Waals surface area (Å²) in [5.74, 6) is -0.887. The molecule has 0 aromatic carbocycles. The minimum atomic E-state index is -0.706. The van der Waals surface area contributed by atoms with Crippen LogP contribution in [0.1, 0.15) is 20.3 Å². The molecule has 0 bridgehead atoms. The van der Waals surface area contributed by atoms with Crippen molar-refractivity contribution in [2.24, 2.45) is 5.92 Å². The molecule has 3 heteroatoms. The van der Waals surface area contributed by atoms with E-state index in [0.29, 0.717) is 0 Å². The Kier molecular flexibility index (Phi) is 9.23. The fourth-order valence-corrected chi connectivity index (χ4v) is 0.175. The molecule has 0 aliphatic heterocycles. The van der Waals surface area contributed by atoms with E-state index in [-0.39, 0.29) is 57.3 Å². The summed E-state index contributed by atoms with van der Waals surface area (Å²) in [4.78, 5) is 9.93. The molecule has 0 aromatic heterocycles. The Morgan fingerprint density at radius 2 is 2.12 bits per heavy atom. The van der Waals surface area contributed by atoms with Crippen molar-refractivity contribution in [3.05, 3.63) is 0 Å². The predicted molar refractivity (Wildman–Crippen MR) is 34.2 cm³/mol. The van der Waals surface area contributed by atoms with Crippen LogP contribution >= 0.6 is 0 Å². The maximum absolute atomic E-state index is 9.93. The first-order chi connectivity index (χ1) is 3.18. The van der Waals surface area contributed by atoms with Gasteiger partial charge >= 0.3 is 57.4 Å². The van der Waals surface area contributed by atoms with E-state index >= 15 is 0 Å². The topological polar surface area (TPSA) is 37.3 Å². The van der Waals surface area contributed by atoms with E-state index < -0.39 is 5.97 Å². The average molecular weight is 142 g/mol. The van der Waals surface area contributed by atoms with E-state index in [0.717, 1.165) is 6.42 Å². The summed E-state index contributed by atoms with van der Waals surface area (Å²) < 4.78 is 0. The van der Waals surface area contributed by atoms with Crippen LogP contribution in [-0.4, -0.2) is 62.5 Å². The number of hydrogen-bond donors (Lipinski definition) is 1. The maximum atomic E-state index is 9.93. The van der Waals surface area contributed by atoms with Crippen LogP contribution < -0.4 is 0 Å². The Labute approximate surface area is 92.1 Å². The summed E-state index contributed by atoms with van der Waals surface area (Å²) in [6.45, 7) is 3.56. The van der Waals surface area contributed by atoms with Crippen molar-refractivity contribution in [1.82, 2.24) is 0 Å². The quantitative estimate of drug-likeness (QED) is 0.569. The Morgan fingerprint density at radius 1 is 1.75 bits per heavy atom. The molecule has 0 spiro atoms. The molecule has 0 radical (unpaired) electrons. The third kappa shape index (κ3) is 5.25. The Balaban J connectivity index is 0. The van der Waals surface area contributed by atoms with Crippen molar-refractivity contribution in [3.8, 4) is 0 Å². The number of carboxylic acids is 1. The predicted octanol–water partition coefficient (Wildman–Crippen LogP) is 0.469. The number of hydrogen-bond acceptors (Lipinski definition) is 1. The van der Waals surface area contributed by atoms with E-state index in [1.807, 2.05) is 6.92 Å². The van der Waals surface area contributed by atoms with Gasteiger partial charge in [0.15, 0.2) is 0 Å². The third-order valence-electron chi connectivity index (χ3n) is 1.03. The molecule has 8 heavy (non-hydrogen) atoms. The van der Waals surface area contributed by atoms with Gasteiger partial charge in [0.1, 0.15) is 0 Å². The van der Waals surface area contributed by atoms with Crippen LogP contribution in [0.15, 0.2) is 0 Å². The summed E-state index contributed by atoms with van der Waals surface area (Å²) in [5.41, 5.74) is 0. The number of rotatable bonds is 2. The van der Waals surface area contributed by atoms with Crippen molar-refractivity contribution in [2.75, 3.05) is 0 Å². The fraction of sp³-hybridized carbons (Fsp3) is 0.800. The monoisotopic (exact) mass is 142 g/mol. The summed E-state index contributed by atoms with van der Waals surface area (Å²) in [5, 5.41) is 8.18. The van der Waals surface area contributed by atoms with Crippen LogP contribution in [0.4, 0.5) is 0 Å². The average Bonchev–Trinajstić information content (AvgIpc) is 1.65. The second-order valence-corrected chi connectivity index (χ2v) is 1.65. The van der Waals surface area contributed by atoms with Gasteiger partial charge in [-0.15, -0.1) is 0 Å². The molecule has 0 amide bonds. The zero-order chi connectivity index (χ0) is 5.86. The van der Waals surface area contributed by atoms with Gasteiger partial charge in [0.05, 0.1) is 5.92 Å². The molecule has 0 saturated carbocycles. The molecule has 1 N–H and O–H groups in total. The summed E-state index contributed by atoms with van der Waals surface area (Å²) >= 11 is 0. The summed E-state index contributed by atoms with van der Waals surface area (Å²) in [6, 6.07) is 0. The van der Waals surface area contributed by atoms with E-state index in [1.54, 1.807) is 6.92 Å². The third-order valence-corrected chi connectivity index (χ3v) is 1.03. The van der Waals surface area contributed by atoms with E-state index in [9.17, 15) is 4.79 Å². The van der Waals surface area contributed by atoms with Gasteiger partial charge in [-0.2, -0.15) is 0 Å². The van der Waals surface area contributed by atoms with Gasteiger partial charge in [0.25, 0.3) is 0 Å². The van der Waals surface area contributed by atoms with Crippen LogP contribution in [0.25, 0.3) is 0 Å². The molecular formula is C5H11KO2. The van der Waals surface area contributed by atoms with Gasteiger partial charge < -0.3 is 5.11 Å². The van der Waals surface area contributed by atoms with Gasteiger partial charge in [-0.25, -0.2) is 0 Å². The molecule has 1 unspecified atom stereocenters. The zero-order valence-corrected chi connectivity index (χ0v) is 4.64. The molecule has 0 heterocycles. The molecule has 0 fully saturated rings. The standard InChI is InChI=1S/C5H10O2.K.H/c1-3-4(2)5(6)7;;/h4H,3H2,1-2H3,(H,6,7);;. The van der Waals surface area contributed by atoms with Gasteiger partial charge in [-0.05, 0) is 6.42 Å². The number of carboxylic acid groups (broad SMARTS) is 1. The van der Waals surface area contributed by atoms with Crippen LogP contribution in [0.5, 0.6) is 0 Å². The first-order valence-corrected chi connectivity index (χ1v) is 2.41. The molecule has 0 saturated heterocycles. The second-order valence-electron chi connectivity index (χ2n) is 1.65. The SMILES string of the molecule is CCC(C)C(=O)O.[KH]. The molecule has 0 aliphatic rings. The molecule has 0 rings (SSSR count). The second kappa shape index (κ2) is 6.23. The van der Waals surface area contributed by atoms with Gasteiger partial charge in [-0.1, -0.05) is 13.8 Å². The van der Waals surface area contributed by atoms with Gasteiger partial charge in [0, 0.05) is 0 Å². The molecule has 0 aromatic rings. The Bertz CT molecular complexity index is 72.8.